The maximum Gasteiger partial charge on any atom is 0.328 e. The second-order valence-electron chi connectivity index (χ2n) is 2.75. The van der Waals surface area contributed by atoms with Crippen LogP contribution in [0.25, 0.3) is 0 Å². The summed E-state index contributed by atoms with van der Waals surface area (Å²) >= 11 is 11.5. The van der Waals surface area contributed by atoms with Crippen LogP contribution in [0.15, 0.2) is 30.4 Å². The molecule has 15 heavy (non-hydrogen) atoms. The van der Waals surface area contributed by atoms with Gasteiger partial charge < -0.3 is 10.4 Å². The first-order valence-electron chi connectivity index (χ1n) is 4.18. The van der Waals surface area contributed by atoms with Crippen molar-refractivity contribution in [1.29, 1.82) is 0 Å². The number of hydrogen-bond acceptors (Lipinski definition) is 2. The van der Waals surface area contributed by atoms with Crippen molar-refractivity contribution >= 4 is 34.9 Å². The molecule has 0 aliphatic rings. The van der Waals surface area contributed by atoms with Crippen LogP contribution in [0.1, 0.15) is 0 Å². The predicted molar refractivity (Wildman–Crippen MR) is 61.7 cm³/mol. The van der Waals surface area contributed by atoms with E-state index in [1.165, 1.54) is 6.08 Å². The first-order chi connectivity index (χ1) is 7.09. The lowest BCUT2D eigenvalue weighted by atomic mass is 10.3. The van der Waals surface area contributed by atoms with Gasteiger partial charge in [-0.2, -0.15) is 0 Å². The molecule has 0 saturated heterocycles. The molecule has 0 spiro atoms. The molecule has 0 aliphatic carbocycles. The summed E-state index contributed by atoms with van der Waals surface area (Å²) in [5.41, 5.74) is 0.791. The zero-order valence-electron chi connectivity index (χ0n) is 7.71. The third-order valence-corrected chi connectivity index (χ3v) is 2.34. The summed E-state index contributed by atoms with van der Waals surface area (Å²) in [5.74, 6) is -0.967. The van der Waals surface area contributed by atoms with Crippen LogP contribution in [-0.4, -0.2) is 17.6 Å². The van der Waals surface area contributed by atoms with Crippen LogP contribution in [-0.2, 0) is 4.79 Å². The topological polar surface area (TPSA) is 49.3 Å². The normalized spacial score (nSPS) is 10.5. The molecule has 0 bridgehead atoms. The number of benzene rings is 1. The summed E-state index contributed by atoms with van der Waals surface area (Å²) in [6.45, 7) is 0.421. The maximum absolute atomic E-state index is 10.2. The molecule has 0 saturated carbocycles. The smallest absolute Gasteiger partial charge is 0.328 e. The van der Waals surface area contributed by atoms with E-state index < -0.39 is 5.97 Å². The van der Waals surface area contributed by atoms with Crippen LogP contribution in [0.3, 0.4) is 0 Å². The first-order valence-corrected chi connectivity index (χ1v) is 4.93. The van der Waals surface area contributed by atoms with Gasteiger partial charge in [0.25, 0.3) is 0 Å². The van der Waals surface area contributed by atoms with Crippen LogP contribution >= 0.6 is 23.2 Å². The second kappa shape index (κ2) is 5.63. The molecule has 2 N–H and O–H groups in total. The van der Waals surface area contributed by atoms with Gasteiger partial charge in [-0.3, -0.25) is 0 Å². The minimum atomic E-state index is -0.967. The molecule has 3 nitrogen and oxygen atoms in total. The van der Waals surface area contributed by atoms with Gasteiger partial charge >= 0.3 is 5.97 Å². The first kappa shape index (κ1) is 11.9. The Hall–Kier alpha value is -1.19. The standard InChI is InChI=1S/C10H9Cl2NO2/c11-8-4-3-7(6-9(8)12)13-5-1-2-10(14)15/h1-4,6,13H,5H2,(H,14,15)/b2-1+. The average molecular weight is 246 g/mol. The second-order valence-corrected chi connectivity index (χ2v) is 3.56. The number of nitrogens with one attached hydrogen (secondary N) is 1. The molecule has 1 rings (SSSR count). The average Bonchev–Trinajstić information content (AvgIpc) is 2.18. The molecule has 0 fully saturated rings. The Morgan fingerprint density at radius 2 is 2.13 bits per heavy atom. The fraction of sp³-hybridized carbons (Fsp3) is 0.100. The van der Waals surface area contributed by atoms with Crippen molar-refractivity contribution in [3.05, 3.63) is 40.4 Å². The molecule has 1 aromatic rings. The molecular weight excluding hydrogens is 237 g/mol. The highest BCUT2D eigenvalue weighted by molar-refractivity contribution is 6.42. The van der Waals surface area contributed by atoms with Crippen LogP contribution in [0.4, 0.5) is 5.69 Å². The predicted octanol–water partition coefficient (Wildman–Crippen LogP) is 3.05. The van der Waals surface area contributed by atoms with Gasteiger partial charge in [0.1, 0.15) is 0 Å². The minimum Gasteiger partial charge on any atom is -0.478 e. The Morgan fingerprint density at radius 3 is 2.73 bits per heavy atom. The molecule has 0 atom stereocenters. The lowest BCUT2D eigenvalue weighted by Gasteiger charge is -2.04. The number of carboxylic acids is 1. The summed E-state index contributed by atoms with van der Waals surface area (Å²) in [7, 11) is 0. The van der Waals surface area contributed by atoms with Crippen molar-refractivity contribution < 1.29 is 9.90 Å². The van der Waals surface area contributed by atoms with Crippen molar-refractivity contribution in [2.75, 3.05) is 11.9 Å². The Balaban J connectivity index is 2.51. The third-order valence-electron chi connectivity index (χ3n) is 1.60. The Kier molecular flexibility index (Phi) is 4.46. The molecule has 0 heterocycles. The van der Waals surface area contributed by atoms with Gasteiger partial charge in [-0.1, -0.05) is 29.3 Å². The molecule has 0 amide bonds. The lowest BCUT2D eigenvalue weighted by molar-refractivity contribution is -0.131. The van der Waals surface area contributed by atoms with Gasteiger partial charge in [-0.15, -0.1) is 0 Å². The number of anilines is 1. The van der Waals surface area contributed by atoms with E-state index >= 15 is 0 Å². The molecule has 5 heteroatoms. The summed E-state index contributed by atoms with van der Waals surface area (Å²) in [5, 5.41) is 12.3. The zero-order chi connectivity index (χ0) is 11.3. The fourth-order valence-corrected chi connectivity index (χ4v) is 1.24. The van der Waals surface area contributed by atoms with E-state index in [1.54, 1.807) is 18.2 Å². The molecule has 80 valence electrons. The minimum absolute atomic E-state index is 0.421. The summed E-state index contributed by atoms with van der Waals surface area (Å²) in [6, 6.07) is 5.12. The Labute approximate surface area is 97.3 Å². The summed E-state index contributed by atoms with van der Waals surface area (Å²) < 4.78 is 0. The summed E-state index contributed by atoms with van der Waals surface area (Å²) in [4.78, 5) is 10.2. The van der Waals surface area contributed by atoms with Gasteiger partial charge in [0, 0.05) is 18.3 Å². The van der Waals surface area contributed by atoms with E-state index in [1.807, 2.05) is 0 Å². The lowest BCUT2D eigenvalue weighted by Crippen LogP contribution is -1.99. The van der Waals surface area contributed by atoms with Gasteiger partial charge in [-0.05, 0) is 18.2 Å². The molecule has 0 unspecified atom stereocenters. The Morgan fingerprint density at radius 1 is 1.40 bits per heavy atom. The number of aliphatic carboxylic acids is 1. The fourth-order valence-electron chi connectivity index (χ4n) is 0.943. The zero-order valence-corrected chi connectivity index (χ0v) is 9.22. The van der Waals surface area contributed by atoms with Crippen molar-refractivity contribution in [3.8, 4) is 0 Å². The van der Waals surface area contributed by atoms with Crippen LogP contribution < -0.4 is 5.32 Å². The van der Waals surface area contributed by atoms with Crippen LogP contribution in [0.5, 0.6) is 0 Å². The van der Waals surface area contributed by atoms with E-state index in [0.29, 0.717) is 16.6 Å². The molecule has 0 aliphatic heterocycles. The highest BCUT2D eigenvalue weighted by Crippen LogP contribution is 2.24. The van der Waals surface area contributed by atoms with Gasteiger partial charge in [0.2, 0.25) is 0 Å². The molecule has 1 aromatic carbocycles. The van der Waals surface area contributed by atoms with Gasteiger partial charge in [0.05, 0.1) is 10.0 Å². The summed E-state index contributed by atoms with van der Waals surface area (Å²) in [6.07, 6.45) is 2.58. The van der Waals surface area contributed by atoms with Gasteiger partial charge in [-0.25, -0.2) is 4.79 Å². The van der Waals surface area contributed by atoms with Gasteiger partial charge in [0.15, 0.2) is 0 Å². The number of halogens is 2. The van der Waals surface area contributed by atoms with Crippen LogP contribution in [0, 0.1) is 0 Å². The van der Waals surface area contributed by atoms with E-state index in [2.05, 4.69) is 5.32 Å². The van der Waals surface area contributed by atoms with Crippen molar-refractivity contribution in [3.63, 3.8) is 0 Å². The van der Waals surface area contributed by atoms with Crippen molar-refractivity contribution in [2.24, 2.45) is 0 Å². The molecule has 0 aromatic heterocycles. The SMILES string of the molecule is O=C(O)/C=C/CNc1ccc(Cl)c(Cl)c1. The molecule has 0 radical (unpaired) electrons. The monoisotopic (exact) mass is 245 g/mol. The third kappa shape index (κ3) is 4.23. The number of rotatable bonds is 4. The number of hydrogen-bond donors (Lipinski definition) is 2. The van der Waals surface area contributed by atoms with E-state index in [-0.39, 0.29) is 0 Å². The largest absolute Gasteiger partial charge is 0.478 e. The van der Waals surface area contributed by atoms with E-state index in [0.717, 1.165) is 11.8 Å². The highest BCUT2D eigenvalue weighted by Gasteiger charge is 1.97. The van der Waals surface area contributed by atoms with E-state index in [4.69, 9.17) is 28.3 Å². The number of carbonyl (C=O) groups is 1. The van der Waals surface area contributed by atoms with E-state index in [9.17, 15) is 4.79 Å². The highest BCUT2D eigenvalue weighted by atomic mass is 35.5. The molecular formula is C10H9Cl2NO2. The van der Waals surface area contributed by atoms with Crippen molar-refractivity contribution in [2.45, 2.75) is 0 Å². The quantitative estimate of drug-likeness (QED) is 0.802. The number of carboxylic acid groups (broad SMARTS) is 1. The van der Waals surface area contributed by atoms with Crippen LogP contribution in [0.2, 0.25) is 10.0 Å². The Bertz CT molecular complexity index is 391. The maximum atomic E-state index is 10.2. The van der Waals surface area contributed by atoms with Crippen molar-refractivity contribution in [1.82, 2.24) is 0 Å².